The van der Waals surface area contributed by atoms with Crippen molar-refractivity contribution in [2.24, 2.45) is 5.16 Å². The maximum atomic E-state index is 14.5. The number of fused-ring (bicyclic) bond motifs is 8. The minimum Gasteiger partial charge on any atom is -0.457 e. The predicted molar refractivity (Wildman–Crippen MR) is 252 cm³/mol. The lowest BCUT2D eigenvalue weighted by Crippen LogP contribution is -2.48. The van der Waals surface area contributed by atoms with Crippen LogP contribution in [-0.2, 0) is 49.1 Å². The number of pyridine rings is 2. The van der Waals surface area contributed by atoms with E-state index in [0.29, 0.717) is 48.2 Å². The highest BCUT2D eigenvalue weighted by molar-refractivity contribution is 6.26. The molecule has 2 fully saturated rings. The topological polar surface area (TPSA) is 271 Å². The molecule has 5 aromatic rings. The molecule has 0 saturated carbocycles. The number of oxime groups is 1. The number of carbonyl (C=O) groups excluding carboxylic acids is 3. The van der Waals surface area contributed by atoms with E-state index in [2.05, 4.69) is 10.1 Å². The van der Waals surface area contributed by atoms with E-state index < -0.39 is 73.7 Å². The summed E-state index contributed by atoms with van der Waals surface area (Å²) in [7, 11) is 0. The lowest BCUT2D eigenvalue weighted by atomic mass is 9.85. The zero-order chi connectivity index (χ0) is 50.0. The molecule has 0 radical (unpaired) electrons. The molecule has 0 spiro atoms. The maximum Gasteiger partial charge on any atom is 0.415 e. The number of hydrogen-bond donors (Lipinski definition) is 0. The van der Waals surface area contributed by atoms with Gasteiger partial charge in [0, 0.05) is 65.0 Å². The monoisotopic (exact) mass is 970 g/mol. The zero-order valence-electron chi connectivity index (χ0n) is 38.8. The number of piperidine rings is 2. The summed E-state index contributed by atoms with van der Waals surface area (Å²) >= 11 is 0. The van der Waals surface area contributed by atoms with Crippen LogP contribution >= 0.6 is 0 Å². The summed E-state index contributed by atoms with van der Waals surface area (Å²) in [6.45, 7) is 7.94. The Morgan fingerprint density at radius 3 is 2.30 bits per heavy atom. The van der Waals surface area contributed by atoms with Crippen LogP contribution < -0.4 is 10.3 Å². The number of nitro groups is 3. The fourth-order valence-electron chi connectivity index (χ4n) is 10.7. The van der Waals surface area contributed by atoms with Gasteiger partial charge >= 0.3 is 18.0 Å². The maximum absolute atomic E-state index is 14.5. The summed E-state index contributed by atoms with van der Waals surface area (Å²) in [5.41, 5.74) is -1.65. The molecule has 10 rings (SSSR count). The minimum absolute atomic E-state index is 0.0341. The van der Waals surface area contributed by atoms with Crippen molar-refractivity contribution in [2.45, 2.75) is 96.6 Å². The minimum atomic E-state index is -2.16. The molecule has 2 atom stereocenters. The molecule has 22 nitrogen and oxygen atoms in total. The number of cyclic esters (lactones) is 1. The molecule has 0 bridgehead atoms. The highest BCUT2D eigenvalue weighted by atomic mass is 16.7. The number of esters is 2. The Hall–Kier alpha value is -8.14. The highest BCUT2D eigenvalue weighted by Crippen LogP contribution is 2.47. The summed E-state index contributed by atoms with van der Waals surface area (Å²) in [5.74, 6) is -1.74. The van der Waals surface area contributed by atoms with Crippen LogP contribution in [0.1, 0.15) is 92.7 Å². The second-order valence-electron chi connectivity index (χ2n) is 18.2. The van der Waals surface area contributed by atoms with Crippen LogP contribution in [0.15, 0.2) is 64.5 Å². The van der Waals surface area contributed by atoms with Crippen LogP contribution in [0.4, 0.5) is 21.9 Å². The molecule has 4 aliphatic heterocycles. The first-order valence-electron chi connectivity index (χ1n) is 23.5. The summed E-state index contributed by atoms with van der Waals surface area (Å²) in [6, 6.07) is 12.5. The Morgan fingerprint density at radius 1 is 0.873 bits per heavy atom. The van der Waals surface area contributed by atoms with Crippen molar-refractivity contribution < 1.29 is 48.2 Å². The third-order valence-corrected chi connectivity index (χ3v) is 14.3. The number of carbonyl (C=O) groups is 3. The van der Waals surface area contributed by atoms with Crippen molar-refractivity contribution in [1.29, 1.82) is 0 Å². The second kappa shape index (κ2) is 18.0. The van der Waals surface area contributed by atoms with Gasteiger partial charge in [0.25, 0.3) is 22.6 Å². The van der Waals surface area contributed by atoms with E-state index in [1.807, 2.05) is 6.92 Å². The third kappa shape index (κ3) is 7.87. The Morgan fingerprint density at radius 2 is 1.61 bits per heavy atom. The lowest BCUT2D eigenvalue weighted by molar-refractivity contribution is -0.393. The van der Waals surface area contributed by atoms with Crippen molar-refractivity contribution in [3.8, 4) is 28.3 Å². The number of hydrogen-bond acceptors (Lipinski definition) is 17. The highest BCUT2D eigenvalue weighted by Gasteiger charge is 2.51. The van der Waals surface area contributed by atoms with E-state index in [1.165, 1.54) is 36.8 Å². The molecular weight excluding hydrogens is 925 g/mol. The summed E-state index contributed by atoms with van der Waals surface area (Å²) in [4.78, 5) is 104. The third-order valence-electron chi connectivity index (χ3n) is 14.3. The van der Waals surface area contributed by atoms with E-state index in [1.54, 1.807) is 36.1 Å². The zero-order valence-corrected chi connectivity index (χ0v) is 38.8. The van der Waals surface area contributed by atoms with Crippen molar-refractivity contribution >= 4 is 51.7 Å². The van der Waals surface area contributed by atoms with Gasteiger partial charge in [-0.2, -0.15) is 0 Å². The number of nitrogens with zero attached hydrogens (tertiary/aromatic N) is 8. The van der Waals surface area contributed by atoms with E-state index in [-0.39, 0.29) is 52.1 Å². The van der Waals surface area contributed by atoms with Crippen LogP contribution in [0.5, 0.6) is 5.75 Å². The Bertz CT molecular complexity index is 3250. The molecule has 0 unspecified atom stereocenters. The Labute approximate surface area is 403 Å². The SMILES string of the molecule is CCc1c2c(nc3ccc(OC(=O)N4CCC(N5CCCCC5)CC4)cc13)-c1cc3c(c(=O)n1C2)COC(=O)[C@@]3(CC)OC(=O)[C@H](C)O/N=C1/c2cc([N+](=O)[O-])ccc2-c2c1cc([N+](=O)[O-])cc2[N+](=O)[O-]. The lowest BCUT2D eigenvalue weighted by Gasteiger charge is -2.39. The molecule has 1 aliphatic carbocycles. The van der Waals surface area contributed by atoms with Crippen molar-refractivity contribution in [3.05, 3.63) is 129 Å². The number of rotatable bonds is 11. The number of ether oxygens (including phenoxy) is 3. The number of benzene rings is 3. The number of amides is 1. The van der Waals surface area contributed by atoms with Gasteiger partial charge in [0.1, 0.15) is 18.1 Å². The Kier molecular flexibility index (Phi) is 11.8. The molecule has 366 valence electrons. The first kappa shape index (κ1) is 46.6. The largest absolute Gasteiger partial charge is 0.457 e. The number of non-ortho nitro benzene ring substituents is 2. The molecule has 0 N–H and O–H groups in total. The van der Waals surface area contributed by atoms with Gasteiger partial charge in [0.2, 0.25) is 11.7 Å². The molecule has 5 aliphatic rings. The van der Waals surface area contributed by atoms with Crippen LogP contribution in [-0.4, -0.2) is 96.2 Å². The van der Waals surface area contributed by atoms with Gasteiger partial charge in [-0.15, -0.1) is 0 Å². The molecule has 6 heterocycles. The number of aromatic nitrogens is 2. The molecule has 22 heteroatoms. The summed E-state index contributed by atoms with van der Waals surface area (Å²) in [5, 5.41) is 40.6. The smallest absolute Gasteiger partial charge is 0.415 e. The summed E-state index contributed by atoms with van der Waals surface area (Å²) < 4.78 is 19.0. The van der Waals surface area contributed by atoms with Gasteiger partial charge in [-0.3, -0.25) is 35.1 Å². The van der Waals surface area contributed by atoms with E-state index in [4.69, 9.17) is 24.0 Å². The standard InChI is InChI=1S/C49H46N8O14/c1-4-31-33-22-30(69-48(61)53-17-13-27(14-18-53)52-15-7-6-8-16-52)10-12-39(33)50-44-36(31)24-54-41(44)23-38-37(45(54)58)25-68-47(60)49(38,5-2)70-46(59)26(3)71-51-43-34-19-28(55(62)63)9-11-32(34)42-35(43)20-29(56(64)65)21-40(42)57(66)67/h9-12,19-23,26-27H,4-8,13-18,24-25H2,1-3H3/b51-43-/t26-,49-/m0/s1. The van der Waals surface area contributed by atoms with Gasteiger partial charge in [0.05, 0.1) is 55.4 Å². The van der Waals surface area contributed by atoms with Gasteiger partial charge in [0.15, 0.2) is 0 Å². The van der Waals surface area contributed by atoms with Crippen LogP contribution in [0.25, 0.3) is 33.4 Å². The molecule has 3 aromatic carbocycles. The number of aryl methyl sites for hydroxylation is 1. The van der Waals surface area contributed by atoms with Gasteiger partial charge in [-0.1, -0.05) is 25.4 Å². The quantitative estimate of drug-likeness (QED) is 0.0704. The van der Waals surface area contributed by atoms with E-state index in [0.717, 1.165) is 66.7 Å². The van der Waals surface area contributed by atoms with Crippen molar-refractivity contribution in [3.63, 3.8) is 0 Å². The normalized spacial score (nSPS) is 19.2. The number of nitro benzene ring substituents is 3. The molecular formula is C49H46N8O14. The van der Waals surface area contributed by atoms with Gasteiger partial charge in [-0.25, -0.2) is 19.4 Å². The fraction of sp³-hybridized carbons (Fsp3) is 0.388. The van der Waals surface area contributed by atoms with Gasteiger partial charge < -0.3 is 33.4 Å². The average molecular weight is 971 g/mol. The first-order valence-corrected chi connectivity index (χ1v) is 23.5. The Balaban J connectivity index is 0.931. The fourth-order valence-corrected chi connectivity index (χ4v) is 10.7. The summed E-state index contributed by atoms with van der Waals surface area (Å²) in [6.07, 6.45) is 3.78. The van der Waals surface area contributed by atoms with Gasteiger partial charge in [-0.05, 0) is 100.0 Å². The van der Waals surface area contributed by atoms with E-state index >= 15 is 0 Å². The molecule has 2 aromatic heterocycles. The average Bonchev–Trinajstić information content (AvgIpc) is 3.90. The van der Waals surface area contributed by atoms with E-state index in [9.17, 15) is 49.5 Å². The van der Waals surface area contributed by atoms with Crippen LogP contribution in [0, 0.1) is 30.3 Å². The van der Waals surface area contributed by atoms with Crippen LogP contribution in [0.3, 0.4) is 0 Å². The van der Waals surface area contributed by atoms with Crippen molar-refractivity contribution in [2.75, 3.05) is 26.2 Å². The predicted octanol–water partition coefficient (Wildman–Crippen LogP) is 7.20. The van der Waals surface area contributed by atoms with Crippen LogP contribution in [0.2, 0.25) is 0 Å². The first-order chi connectivity index (χ1) is 34.1. The van der Waals surface area contributed by atoms with Crippen molar-refractivity contribution in [1.82, 2.24) is 19.4 Å². The molecule has 71 heavy (non-hydrogen) atoms. The molecule has 1 amide bonds. The number of likely N-dealkylation sites (tertiary alicyclic amines) is 2. The second-order valence-corrected chi connectivity index (χ2v) is 18.2. The molecule has 2 saturated heterocycles.